The molecule has 0 amide bonds. The molecule has 4 heteroatoms. The molecule has 2 rings (SSSR count). The Kier molecular flexibility index (Phi) is 4.15. The number of nitrogens with two attached hydrogens (primary N) is 1. The van der Waals surface area contributed by atoms with Crippen LogP contribution in [0.4, 0.5) is 0 Å². The first kappa shape index (κ1) is 12.6. The molecule has 1 fully saturated rings. The highest BCUT2D eigenvalue weighted by atomic mass is 15.3. The first-order chi connectivity index (χ1) is 8.26. The lowest BCUT2D eigenvalue weighted by Crippen LogP contribution is -2.34. The molecule has 1 aromatic heterocycles. The van der Waals surface area contributed by atoms with Gasteiger partial charge in [0.25, 0.3) is 0 Å². The minimum absolute atomic E-state index is 0.265. The summed E-state index contributed by atoms with van der Waals surface area (Å²) < 4.78 is 1.89. The third-order valence-electron chi connectivity index (χ3n) is 4.19. The Hall–Kier alpha value is -0.900. The van der Waals surface area contributed by atoms with Crippen LogP contribution in [0.15, 0.2) is 6.33 Å². The highest BCUT2D eigenvalue weighted by Gasteiger charge is 2.30. The fourth-order valence-electron chi connectivity index (χ4n) is 2.92. The molecular weight excluding hydrogens is 212 g/mol. The molecule has 0 unspecified atom stereocenters. The van der Waals surface area contributed by atoms with Crippen LogP contribution in [0.2, 0.25) is 0 Å². The van der Waals surface area contributed by atoms with Crippen molar-refractivity contribution >= 4 is 0 Å². The molecule has 1 saturated carbocycles. The normalized spacial score (nSPS) is 20.8. The van der Waals surface area contributed by atoms with Gasteiger partial charge in [0, 0.05) is 13.5 Å². The maximum absolute atomic E-state index is 6.07. The van der Waals surface area contributed by atoms with E-state index in [1.54, 1.807) is 6.33 Å². The fraction of sp³-hybridized carbons (Fsp3) is 0.846. The lowest BCUT2D eigenvalue weighted by molar-refractivity contribution is 0.210. The van der Waals surface area contributed by atoms with Gasteiger partial charge >= 0.3 is 0 Å². The van der Waals surface area contributed by atoms with Crippen molar-refractivity contribution in [3.63, 3.8) is 0 Å². The van der Waals surface area contributed by atoms with Gasteiger partial charge in [-0.2, -0.15) is 5.10 Å². The first-order valence-electron chi connectivity index (χ1n) is 6.79. The molecule has 1 aromatic rings. The van der Waals surface area contributed by atoms with Crippen LogP contribution in [-0.2, 0) is 13.5 Å². The van der Waals surface area contributed by atoms with Gasteiger partial charge in [-0.05, 0) is 24.8 Å². The second kappa shape index (κ2) is 5.63. The van der Waals surface area contributed by atoms with Crippen molar-refractivity contribution in [1.29, 1.82) is 0 Å². The van der Waals surface area contributed by atoms with E-state index in [0.29, 0.717) is 0 Å². The largest absolute Gasteiger partial charge is 0.330 e. The topological polar surface area (TPSA) is 56.7 Å². The zero-order chi connectivity index (χ0) is 12.1. The van der Waals surface area contributed by atoms with Gasteiger partial charge in [-0.1, -0.05) is 32.1 Å². The SMILES string of the molecule is Cn1ncnc1CC1(CN)CCCCCCC1. The molecule has 0 spiro atoms. The van der Waals surface area contributed by atoms with Crippen LogP contribution in [0.1, 0.15) is 50.8 Å². The van der Waals surface area contributed by atoms with Crippen LogP contribution in [0.3, 0.4) is 0 Å². The van der Waals surface area contributed by atoms with Gasteiger partial charge < -0.3 is 5.73 Å². The zero-order valence-corrected chi connectivity index (χ0v) is 10.9. The van der Waals surface area contributed by atoms with E-state index >= 15 is 0 Å². The van der Waals surface area contributed by atoms with E-state index in [2.05, 4.69) is 10.1 Å². The molecular formula is C13H24N4. The molecule has 4 nitrogen and oxygen atoms in total. The van der Waals surface area contributed by atoms with Crippen LogP contribution in [-0.4, -0.2) is 21.3 Å². The van der Waals surface area contributed by atoms with Crippen molar-refractivity contribution in [1.82, 2.24) is 14.8 Å². The summed E-state index contributed by atoms with van der Waals surface area (Å²) in [7, 11) is 1.97. The maximum atomic E-state index is 6.07. The summed E-state index contributed by atoms with van der Waals surface area (Å²) in [6.45, 7) is 0.778. The van der Waals surface area contributed by atoms with E-state index in [1.165, 1.54) is 44.9 Å². The monoisotopic (exact) mass is 236 g/mol. The molecule has 0 aliphatic heterocycles. The molecule has 17 heavy (non-hydrogen) atoms. The average molecular weight is 236 g/mol. The lowest BCUT2D eigenvalue weighted by Gasteiger charge is -2.34. The van der Waals surface area contributed by atoms with Crippen molar-refractivity contribution in [3.05, 3.63) is 12.2 Å². The molecule has 1 heterocycles. The standard InChI is InChI=1S/C13H24N4/c1-17-12(15-11-16-17)9-13(10-14)7-5-3-2-4-6-8-13/h11H,2-10,14H2,1H3. The van der Waals surface area contributed by atoms with E-state index < -0.39 is 0 Å². The summed E-state index contributed by atoms with van der Waals surface area (Å²) >= 11 is 0. The van der Waals surface area contributed by atoms with Crippen molar-refractivity contribution < 1.29 is 0 Å². The van der Waals surface area contributed by atoms with E-state index in [1.807, 2.05) is 11.7 Å². The Morgan fingerprint density at radius 2 is 1.88 bits per heavy atom. The Labute approximate surface area is 104 Å². The minimum Gasteiger partial charge on any atom is -0.330 e. The van der Waals surface area contributed by atoms with Crippen molar-refractivity contribution in [2.75, 3.05) is 6.54 Å². The van der Waals surface area contributed by atoms with Crippen molar-refractivity contribution in [2.24, 2.45) is 18.2 Å². The number of rotatable bonds is 3. The predicted molar refractivity (Wildman–Crippen MR) is 68.5 cm³/mol. The van der Waals surface area contributed by atoms with E-state index in [-0.39, 0.29) is 5.41 Å². The number of nitrogens with zero attached hydrogens (tertiary/aromatic N) is 3. The van der Waals surface area contributed by atoms with Gasteiger partial charge in [0.15, 0.2) is 0 Å². The van der Waals surface area contributed by atoms with Crippen LogP contribution in [0.25, 0.3) is 0 Å². The van der Waals surface area contributed by atoms with Crippen molar-refractivity contribution in [2.45, 2.75) is 51.4 Å². The molecule has 0 saturated heterocycles. The fourth-order valence-corrected chi connectivity index (χ4v) is 2.92. The molecule has 96 valence electrons. The molecule has 0 radical (unpaired) electrons. The highest BCUT2D eigenvalue weighted by Crippen LogP contribution is 2.35. The summed E-state index contributed by atoms with van der Waals surface area (Å²) in [5.41, 5.74) is 6.33. The Morgan fingerprint density at radius 1 is 1.24 bits per heavy atom. The summed E-state index contributed by atoms with van der Waals surface area (Å²) in [5, 5.41) is 4.15. The average Bonchev–Trinajstić information content (AvgIpc) is 2.68. The van der Waals surface area contributed by atoms with Gasteiger partial charge in [-0.3, -0.25) is 4.68 Å². The van der Waals surface area contributed by atoms with E-state index in [9.17, 15) is 0 Å². The number of hydrogen-bond acceptors (Lipinski definition) is 3. The highest BCUT2D eigenvalue weighted by molar-refractivity contribution is 4.94. The summed E-state index contributed by atoms with van der Waals surface area (Å²) in [4.78, 5) is 4.35. The van der Waals surface area contributed by atoms with Crippen LogP contribution in [0.5, 0.6) is 0 Å². The summed E-state index contributed by atoms with van der Waals surface area (Å²) in [6.07, 6.45) is 11.9. The number of aryl methyl sites for hydroxylation is 1. The molecule has 0 aromatic carbocycles. The third-order valence-corrected chi connectivity index (χ3v) is 4.19. The van der Waals surface area contributed by atoms with Gasteiger partial charge in [0.1, 0.15) is 12.2 Å². The van der Waals surface area contributed by atoms with Crippen LogP contribution in [0, 0.1) is 5.41 Å². The first-order valence-corrected chi connectivity index (χ1v) is 6.79. The number of hydrogen-bond donors (Lipinski definition) is 1. The number of aromatic nitrogens is 3. The summed E-state index contributed by atoms with van der Waals surface area (Å²) in [6, 6.07) is 0. The molecule has 0 atom stereocenters. The van der Waals surface area contributed by atoms with Gasteiger partial charge in [0.2, 0.25) is 0 Å². The summed E-state index contributed by atoms with van der Waals surface area (Å²) in [5.74, 6) is 1.08. The third kappa shape index (κ3) is 3.06. The lowest BCUT2D eigenvalue weighted by atomic mass is 9.73. The molecule has 2 N–H and O–H groups in total. The zero-order valence-electron chi connectivity index (χ0n) is 10.9. The predicted octanol–water partition coefficient (Wildman–Crippen LogP) is 2.05. The quantitative estimate of drug-likeness (QED) is 0.874. The van der Waals surface area contributed by atoms with E-state index in [4.69, 9.17) is 5.73 Å². The minimum atomic E-state index is 0.265. The van der Waals surface area contributed by atoms with Gasteiger partial charge in [-0.15, -0.1) is 0 Å². The second-order valence-corrected chi connectivity index (χ2v) is 5.45. The maximum Gasteiger partial charge on any atom is 0.138 e. The Bertz CT molecular complexity index is 337. The van der Waals surface area contributed by atoms with E-state index in [0.717, 1.165) is 18.8 Å². The molecule has 1 aliphatic rings. The Balaban J connectivity index is 2.08. The molecule has 1 aliphatic carbocycles. The smallest absolute Gasteiger partial charge is 0.138 e. The van der Waals surface area contributed by atoms with Crippen molar-refractivity contribution in [3.8, 4) is 0 Å². The van der Waals surface area contributed by atoms with Crippen LogP contribution < -0.4 is 5.73 Å². The van der Waals surface area contributed by atoms with Gasteiger partial charge in [0.05, 0.1) is 0 Å². The van der Waals surface area contributed by atoms with Gasteiger partial charge in [-0.25, -0.2) is 4.98 Å². The second-order valence-electron chi connectivity index (χ2n) is 5.45. The van der Waals surface area contributed by atoms with Crippen LogP contribution >= 0.6 is 0 Å². The molecule has 0 bridgehead atoms. The Morgan fingerprint density at radius 3 is 2.41 bits per heavy atom.